The van der Waals surface area contributed by atoms with E-state index in [1.807, 2.05) is 30.3 Å². The number of carbonyl (C=O) groups excluding carboxylic acids is 1. The number of rotatable bonds is 7. The van der Waals surface area contributed by atoms with Gasteiger partial charge in [-0.25, -0.2) is 0 Å². The smallest absolute Gasteiger partial charge is 0.253 e. The fraction of sp³-hybridized carbons (Fsp3) is 0.333. The molecule has 0 aliphatic rings. The molecule has 0 saturated carbocycles. The van der Waals surface area contributed by atoms with E-state index in [0.717, 1.165) is 18.4 Å². The molecule has 2 aromatic rings. The van der Waals surface area contributed by atoms with Crippen molar-refractivity contribution in [1.29, 1.82) is 0 Å². The number of nitrogens with two attached hydrogens (primary N) is 1. The molecule has 2 rings (SSSR count). The van der Waals surface area contributed by atoms with Gasteiger partial charge in [-0.2, -0.15) is 0 Å². The van der Waals surface area contributed by atoms with Crippen LogP contribution in [0.3, 0.4) is 0 Å². The van der Waals surface area contributed by atoms with E-state index < -0.39 is 0 Å². The lowest BCUT2D eigenvalue weighted by molar-refractivity contribution is 0.0827. The lowest BCUT2D eigenvalue weighted by atomic mass is 10.1. The number of hydrogen-bond acceptors (Lipinski definition) is 3. The number of guanidine groups is 1. The van der Waals surface area contributed by atoms with Crippen LogP contribution in [0.4, 0.5) is 0 Å². The van der Waals surface area contributed by atoms with E-state index in [1.54, 1.807) is 30.3 Å². The average Bonchev–Trinajstić information content (AvgIpc) is 3.07. The highest BCUT2D eigenvalue weighted by molar-refractivity contribution is 7.09. The third kappa shape index (κ3) is 5.70. The summed E-state index contributed by atoms with van der Waals surface area (Å²) in [5.74, 6) is 0.478. The Balaban J connectivity index is 1.77. The molecule has 0 saturated heterocycles. The van der Waals surface area contributed by atoms with E-state index in [2.05, 4.69) is 21.8 Å². The van der Waals surface area contributed by atoms with Crippen molar-refractivity contribution >= 4 is 23.2 Å². The zero-order chi connectivity index (χ0) is 17.4. The van der Waals surface area contributed by atoms with Crippen molar-refractivity contribution in [2.75, 3.05) is 27.2 Å². The van der Waals surface area contributed by atoms with Crippen LogP contribution in [0.5, 0.6) is 0 Å². The molecule has 0 fully saturated rings. The first kappa shape index (κ1) is 18.0. The molecule has 0 atom stereocenters. The monoisotopic (exact) mass is 344 g/mol. The number of aliphatic imine (C=N–C) groups is 1. The van der Waals surface area contributed by atoms with Crippen molar-refractivity contribution in [2.45, 2.75) is 12.8 Å². The first-order chi connectivity index (χ1) is 11.6. The molecule has 128 valence electrons. The van der Waals surface area contributed by atoms with E-state index in [9.17, 15) is 4.79 Å². The largest absolute Gasteiger partial charge is 0.370 e. The van der Waals surface area contributed by atoms with Crippen molar-refractivity contribution < 1.29 is 4.79 Å². The minimum atomic E-state index is 0.0134. The molecule has 1 amide bonds. The molecule has 0 bridgehead atoms. The Kier molecular flexibility index (Phi) is 6.81. The lowest BCUT2D eigenvalue weighted by Gasteiger charge is -2.11. The van der Waals surface area contributed by atoms with Crippen molar-refractivity contribution in [3.05, 3.63) is 57.8 Å². The highest BCUT2D eigenvalue weighted by Gasteiger charge is 2.07. The van der Waals surface area contributed by atoms with Crippen LogP contribution < -0.4 is 11.1 Å². The fourth-order valence-corrected chi connectivity index (χ4v) is 2.95. The average molecular weight is 344 g/mol. The van der Waals surface area contributed by atoms with Crippen LogP contribution in [0.25, 0.3) is 0 Å². The molecule has 6 heteroatoms. The molecule has 0 unspecified atom stereocenters. The van der Waals surface area contributed by atoms with E-state index >= 15 is 0 Å². The van der Waals surface area contributed by atoms with Gasteiger partial charge in [0.15, 0.2) is 5.96 Å². The molecule has 3 N–H and O–H groups in total. The third-order valence-electron chi connectivity index (χ3n) is 3.52. The summed E-state index contributed by atoms with van der Waals surface area (Å²) in [7, 11) is 3.51. The summed E-state index contributed by atoms with van der Waals surface area (Å²) < 4.78 is 0. The van der Waals surface area contributed by atoms with Gasteiger partial charge < -0.3 is 16.0 Å². The highest BCUT2D eigenvalue weighted by Crippen LogP contribution is 2.09. The molecule has 24 heavy (non-hydrogen) atoms. The molecule has 1 aromatic heterocycles. The predicted molar refractivity (Wildman–Crippen MR) is 101 cm³/mol. The van der Waals surface area contributed by atoms with Crippen LogP contribution >= 0.6 is 11.3 Å². The summed E-state index contributed by atoms with van der Waals surface area (Å²) in [6.45, 7) is 1.38. The van der Waals surface area contributed by atoms with Crippen LogP contribution in [0, 0.1) is 0 Å². The van der Waals surface area contributed by atoms with Crippen LogP contribution in [0.2, 0.25) is 0 Å². The molecule has 0 aliphatic heterocycles. The highest BCUT2D eigenvalue weighted by atomic mass is 32.1. The maximum atomic E-state index is 12.0. The Morgan fingerprint density at radius 3 is 2.79 bits per heavy atom. The van der Waals surface area contributed by atoms with Crippen molar-refractivity contribution in [3.8, 4) is 0 Å². The Bertz CT molecular complexity index is 680. The van der Waals surface area contributed by atoms with Gasteiger partial charge >= 0.3 is 0 Å². The molecule has 0 aliphatic carbocycles. The fourth-order valence-electron chi connectivity index (χ4n) is 2.25. The number of thiophene rings is 1. The summed E-state index contributed by atoms with van der Waals surface area (Å²) in [5, 5.41) is 5.18. The Morgan fingerprint density at radius 2 is 2.08 bits per heavy atom. The predicted octanol–water partition coefficient (Wildman–Crippen LogP) is 2.14. The Morgan fingerprint density at radius 1 is 1.25 bits per heavy atom. The Labute approximate surface area is 147 Å². The van der Waals surface area contributed by atoms with Crippen molar-refractivity contribution in [3.63, 3.8) is 0 Å². The number of nitrogens with one attached hydrogen (secondary N) is 1. The van der Waals surface area contributed by atoms with E-state index in [1.165, 1.54) is 4.88 Å². The van der Waals surface area contributed by atoms with Gasteiger partial charge in [0, 0.05) is 44.0 Å². The first-order valence-corrected chi connectivity index (χ1v) is 8.81. The van der Waals surface area contributed by atoms with E-state index in [4.69, 9.17) is 5.73 Å². The maximum Gasteiger partial charge on any atom is 0.253 e. The number of nitrogens with zero attached hydrogens (tertiary/aromatic N) is 2. The summed E-state index contributed by atoms with van der Waals surface area (Å²) in [6.07, 6.45) is 1.70. The van der Waals surface area contributed by atoms with Crippen LogP contribution in [0.1, 0.15) is 20.8 Å². The molecule has 1 aromatic carbocycles. The molecular formula is C18H24N4OS. The third-order valence-corrected chi connectivity index (χ3v) is 4.46. The maximum absolute atomic E-state index is 12.0. The lowest BCUT2D eigenvalue weighted by Crippen LogP contribution is -2.33. The van der Waals surface area contributed by atoms with Gasteiger partial charge in [-0.1, -0.05) is 18.2 Å². The molecular weight excluding hydrogens is 320 g/mol. The van der Waals surface area contributed by atoms with Crippen LogP contribution in [-0.4, -0.2) is 44.0 Å². The number of carbonyl (C=O) groups is 1. The SMILES string of the molecule is CN(C)C(=O)c1cccc(CCNC(N)=NCCc2cccs2)c1. The normalized spacial score (nSPS) is 11.3. The second-order valence-corrected chi connectivity index (χ2v) is 6.71. The van der Waals surface area contributed by atoms with Gasteiger partial charge in [0.1, 0.15) is 0 Å². The van der Waals surface area contributed by atoms with Gasteiger partial charge in [-0.3, -0.25) is 9.79 Å². The molecule has 0 spiro atoms. The summed E-state index contributed by atoms with van der Waals surface area (Å²) >= 11 is 1.73. The minimum absolute atomic E-state index is 0.0134. The quantitative estimate of drug-likeness (QED) is 0.597. The van der Waals surface area contributed by atoms with E-state index in [-0.39, 0.29) is 5.91 Å². The van der Waals surface area contributed by atoms with Gasteiger partial charge in [0.05, 0.1) is 0 Å². The number of benzene rings is 1. The molecule has 5 nitrogen and oxygen atoms in total. The summed E-state index contributed by atoms with van der Waals surface area (Å²) in [5.41, 5.74) is 7.68. The van der Waals surface area contributed by atoms with Crippen molar-refractivity contribution in [1.82, 2.24) is 10.2 Å². The summed E-state index contributed by atoms with van der Waals surface area (Å²) in [4.78, 5) is 19.2. The minimum Gasteiger partial charge on any atom is -0.370 e. The second kappa shape index (κ2) is 9.08. The zero-order valence-electron chi connectivity index (χ0n) is 14.2. The van der Waals surface area contributed by atoms with Gasteiger partial charge in [0.2, 0.25) is 0 Å². The first-order valence-electron chi connectivity index (χ1n) is 7.93. The second-order valence-electron chi connectivity index (χ2n) is 5.67. The topological polar surface area (TPSA) is 70.7 Å². The van der Waals surface area contributed by atoms with Gasteiger partial charge in [-0.05, 0) is 35.6 Å². The van der Waals surface area contributed by atoms with Gasteiger partial charge in [-0.15, -0.1) is 11.3 Å². The van der Waals surface area contributed by atoms with E-state index in [0.29, 0.717) is 24.6 Å². The zero-order valence-corrected chi connectivity index (χ0v) is 15.0. The van der Waals surface area contributed by atoms with Gasteiger partial charge in [0.25, 0.3) is 5.91 Å². The van der Waals surface area contributed by atoms with Crippen LogP contribution in [-0.2, 0) is 12.8 Å². The number of amides is 1. The molecule has 1 heterocycles. The molecule has 0 radical (unpaired) electrons. The standard InChI is InChI=1S/C18H24N4OS/c1-22(2)17(23)15-6-3-5-14(13-15)8-10-20-18(19)21-11-9-16-7-4-12-24-16/h3-7,12-13H,8-11H2,1-2H3,(H3,19,20,21). The number of hydrogen-bond donors (Lipinski definition) is 2. The van der Waals surface area contributed by atoms with Crippen molar-refractivity contribution in [2.24, 2.45) is 10.7 Å². The van der Waals surface area contributed by atoms with Crippen LogP contribution in [0.15, 0.2) is 46.8 Å². The summed E-state index contributed by atoms with van der Waals surface area (Å²) in [6, 6.07) is 11.8. The Hall–Kier alpha value is -2.34.